The standard InChI is InChI=1S/C32H48N6O12/c1-16-11-18(12-17(2)25(16)42)28(44)34-14-21(40)26(43)27-24(37-30(46)50-31(3,4)5)20(39)13-32(49-27,29(45)47-6)48-22-10-8-7-9-19(22)36-23(41)15-35-38-33/h11-12,19-22,24,26-27,39-40,42-43H,7-10,13-15H2,1-6H3,(H,34,44)(H,36,41)(H,37,46)/t19-,20+,21-,22+,24-,26-,27-,32?/m1/s1. The summed E-state index contributed by atoms with van der Waals surface area (Å²) >= 11 is 0. The number of rotatable bonds is 12. The topological polar surface area (TPSA) is 271 Å². The van der Waals surface area contributed by atoms with Gasteiger partial charge >= 0.3 is 12.1 Å². The summed E-state index contributed by atoms with van der Waals surface area (Å²) in [6, 6.07) is 0.754. The number of nitrogens with zero attached hydrogens (tertiary/aromatic N) is 3. The summed E-state index contributed by atoms with van der Waals surface area (Å²) in [5.41, 5.74) is 8.71. The zero-order chi connectivity index (χ0) is 37.4. The second-order valence-electron chi connectivity index (χ2n) is 13.5. The van der Waals surface area contributed by atoms with Gasteiger partial charge in [-0.1, -0.05) is 18.0 Å². The maximum Gasteiger partial charge on any atom is 0.408 e. The molecule has 0 bridgehead atoms. The van der Waals surface area contributed by atoms with Crippen LogP contribution in [0.2, 0.25) is 0 Å². The van der Waals surface area contributed by atoms with E-state index in [-0.39, 0.29) is 11.3 Å². The van der Waals surface area contributed by atoms with Crippen molar-refractivity contribution in [2.45, 2.75) is 121 Å². The third-order valence-electron chi connectivity index (χ3n) is 8.38. The lowest BCUT2D eigenvalue weighted by Gasteiger charge is -2.49. The zero-order valence-corrected chi connectivity index (χ0v) is 29.0. The van der Waals surface area contributed by atoms with Crippen LogP contribution in [0.15, 0.2) is 17.2 Å². The van der Waals surface area contributed by atoms with Crippen LogP contribution in [0.1, 0.15) is 74.4 Å². The molecule has 7 N–H and O–H groups in total. The number of benzene rings is 1. The van der Waals surface area contributed by atoms with Gasteiger partial charge in [-0.15, -0.1) is 0 Å². The molecular weight excluding hydrogens is 660 g/mol. The predicted octanol–water partition coefficient (Wildman–Crippen LogP) is 1.13. The lowest BCUT2D eigenvalue weighted by Crippen LogP contribution is -2.69. The van der Waals surface area contributed by atoms with Gasteiger partial charge in [-0.2, -0.15) is 0 Å². The van der Waals surface area contributed by atoms with Crippen LogP contribution in [-0.2, 0) is 28.5 Å². The first kappa shape index (κ1) is 40.2. The fourth-order valence-electron chi connectivity index (χ4n) is 6.00. The highest BCUT2D eigenvalue weighted by atomic mass is 16.7. The smallest absolute Gasteiger partial charge is 0.408 e. The van der Waals surface area contributed by atoms with Crippen molar-refractivity contribution in [2.24, 2.45) is 5.11 Å². The molecule has 278 valence electrons. The lowest BCUT2D eigenvalue weighted by molar-refractivity contribution is -0.326. The number of aryl methyl sites for hydroxylation is 2. The van der Waals surface area contributed by atoms with E-state index in [1.807, 2.05) is 0 Å². The number of aliphatic hydroxyl groups excluding tert-OH is 3. The molecule has 18 heteroatoms. The largest absolute Gasteiger partial charge is 0.507 e. The number of ether oxygens (including phenoxy) is 4. The molecule has 1 aliphatic heterocycles. The van der Waals surface area contributed by atoms with E-state index in [1.165, 1.54) is 12.1 Å². The minimum absolute atomic E-state index is 0.0277. The van der Waals surface area contributed by atoms with E-state index in [2.05, 4.69) is 26.0 Å². The number of nitrogens with one attached hydrogen (secondary N) is 3. The van der Waals surface area contributed by atoms with Crippen LogP contribution < -0.4 is 16.0 Å². The molecule has 1 heterocycles. The van der Waals surface area contributed by atoms with Crippen molar-refractivity contribution in [3.8, 4) is 5.75 Å². The zero-order valence-electron chi connectivity index (χ0n) is 29.0. The van der Waals surface area contributed by atoms with Crippen LogP contribution in [0, 0.1) is 13.8 Å². The Bertz CT molecular complexity index is 1420. The van der Waals surface area contributed by atoms with Crippen molar-refractivity contribution in [3.63, 3.8) is 0 Å². The molecule has 8 atom stereocenters. The summed E-state index contributed by atoms with van der Waals surface area (Å²) < 4.78 is 22.7. The van der Waals surface area contributed by atoms with Crippen molar-refractivity contribution in [3.05, 3.63) is 39.3 Å². The van der Waals surface area contributed by atoms with Crippen LogP contribution >= 0.6 is 0 Å². The fraction of sp³-hybridized carbons (Fsp3) is 0.688. The number of phenolic OH excluding ortho intramolecular Hbond substituents is 1. The van der Waals surface area contributed by atoms with Crippen LogP contribution in [0.5, 0.6) is 5.75 Å². The number of alkyl carbamates (subject to hydrolysis) is 1. The van der Waals surface area contributed by atoms with Crippen molar-refractivity contribution < 1.29 is 58.6 Å². The number of esters is 1. The van der Waals surface area contributed by atoms with Gasteiger partial charge in [-0.05, 0) is 76.3 Å². The van der Waals surface area contributed by atoms with Crippen molar-refractivity contribution >= 4 is 23.9 Å². The van der Waals surface area contributed by atoms with Crippen molar-refractivity contribution in [2.75, 3.05) is 20.2 Å². The molecular formula is C32H48N6O12. The fourth-order valence-corrected chi connectivity index (χ4v) is 6.00. The van der Waals surface area contributed by atoms with E-state index >= 15 is 0 Å². The minimum Gasteiger partial charge on any atom is -0.507 e. The number of aliphatic hydroxyl groups is 3. The lowest BCUT2D eigenvalue weighted by atomic mass is 9.87. The van der Waals surface area contributed by atoms with Gasteiger partial charge in [0.15, 0.2) is 0 Å². The van der Waals surface area contributed by atoms with E-state index in [0.29, 0.717) is 36.8 Å². The summed E-state index contributed by atoms with van der Waals surface area (Å²) in [6.07, 6.45) is -7.52. The van der Waals surface area contributed by atoms with E-state index in [0.717, 1.165) is 7.11 Å². The SMILES string of the molecule is COC(=O)C1(O[C@H]2CCCC[C@H]2NC(=O)CN=[N+]=[N-])C[C@H](O)[C@@H](NC(=O)OC(C)(C)C)[C@H]([C@H](O)[C@H](O)CNC(=O)c2cc(C)c(O)c(C)c2)O1. The second kappa shape index (κ2) is 17.2. The number of amides is 3. The van der Waals surface area contributed by atoms with Gasteiger partial charge in [0.2, 0.25) is 5.91 Å². The number of carbonyl (C=O) groups is 4. The third kappa shape index (κ3) is 10.4. The van der Waals surface area contributed by atoms with Crippen LogP contribution in [-0.4, -0.2) is 118 Å². The van der Waals surface area contributed by atoms with Gasteiger partial charge in [-0.3, -0.25) is 9.59 Å². The molecule has 1 unspecified atom stereocenters. The Morgan fingerprint density at radius 3 is 2.36 bits per heavy atom. The van der Waals surface area contributed by atoms with Gasteiger partial charge in [0.05, 0.1) is 37.5 Å². The average Bonchev–Trinajstić information content (AvgIpc) is 3.05. The maximum absolute atomic E-state index is 13.4. The number of carbonyl (C=O) groups excluding carboxylic acids is 4. The number of phenols is 1. The molecule has 18 nitrogen and oxygen atoms in total. The van der Waals surface area contributed by atoms with E-state index in [1.54, 1.807) is 34.6 Å². The summed E-state index contributed by atoms with van der Waals surface area (Å²) in [6.45, 7) is 7.05. The Kier molecular flexibility index (Phi) is 13.8. The molecule has 1 saturated carbocycles. The van der Waals surface area contributed by atoms with Crippen molar-refractivity contribution in [1.29, 1.82) is 0 Å². The first-order valence-electron chi connectivity index (χ1n) is 16.3. The van der Waals surface area contributed by atoms with E-state index in [9.17, 15) is 39.6 Å². The summed E-state index contributed by atoms with van der Waals surface area (Å²) in [7, 11) is 1.05. The van der Waals surface area contributed by atoms with Crippen LogP contribution in [0.4, 0.5) is 4.79 Å². The second-order valence-corrected chi connectivity index (χ2v) is 13.5. The number of aromatic hydroxyl groups is 1. The summed E-state index contributed by atoms with van der Waals surface area (Å²) in [4.78, 5) is 54.1. The van der Waals surface area contributed by atoms with Crippen molar-refractivity contribution in [1.82, 2.24) is 16.0 Å². The highest BCUT2D eigenvalue weighted by molar-refractivity contribution is 5.95. The van der Waals surface area contributed by atoms with E-state index < -0.39 is 97.4 Å². The summed E-state index contributed by atoms with van der Waals surface area (Å²) in [5.74, 6) is -4.69. The van der Waals surface area contributed by atoms with E-state index in [4.69, 9.17) is 24.5 Å². The molecule has 50 heavy (non-hydrogen) atoms. The highest BCUT2D eigenvalue weighted by Gasteiger charge is 2.58. The van der Waals surface area contributed by atoms with Gasteiger partial charge in [0.25, 0.3) is 11.7 Å². The van der Waals surface area contributed by atoms with Gasteiger partial charge in [-0.25, -0.2) is 9.59 Å². The first-order chi connectivity index (χ1) is 23.4. The molecule has 0 radical (unpaired) electrons. The maximum atomic E-state index is 13.4. The third-order valence-corrected chi connectivity index (χ3v) is 8.38. The Morgan fingerprint density at radius 2 is 1.76 bits per heavy atom. The Labute approximate surface area is 289 Å². The number of hydrogen-bond donors (Lipinski definition) is 7. The molecule has 3 amide bonds. The molecule has 3 rings (SSSR count). The average molecular weight is 709 g/mol. The number of hydrogen-bond acceptors (Lipinski definition) is 13. The Hall–Kier alpha value is -4.19. The molecule has 2 fully saturated rings. The normalized spacial score (nSPS) is 26.4. The monoisotopic (exact) mass is 708 g/mol. The quantitative estimate of drug-likeness (QED) is 0.0697. The van der Waals surface area contributed by atoms with Gasteiger partial charge in [0.1, 0.15) is 30.1 Å². The van der Waals surface area contributed by atoms with Gasteiger partial charge < -0.3 is 55.3 Å². The molecule has 1 aromatic carbocycles. The first-order valence-corrected chi connectivity index (χ1v) is 16.3. The molecule has 2 aliphatic rings. The predicted molar refractivity (Wildman–Crippen MR) is 175 cm³/mol. The van der Waals surface area contributed by atoms with Crippen LogP contribution in [0.3, 0.4) is 0 Å². The summed E-state index contributed by atoms with van der Waals surface area (Å²) in [5, 5.41) is 55.0. The molecule has 1 aliphatic carbocycles. The Morgan fingerprint density at radius 1 is 1.12 bits per heavy atom. The molecule has 1 aromatic rings. The minimum atomic E-state index is -2.40. The Balaban J connectivity index is 1.92. The highest BCUT2D eigenvalue weighted by Crippen LogP contribution is 2.37. The van der Waals surface area contributed by atoms with Gasteiger partial charge in [0, 0.05) is 23.4 Å². The number of methoxy groups -OCH3 is 1. The molecule has 1 saturated heterocycles. The molecule has 0 spiro atoms. The van der Waals surface area contributed by atoms with Crippen LogP contribution in [0.25, 0.3) is 10.4 Å². The number of azide groups is 1. The molecule has 0 aromatic heterocycles.